The molecule has 1 aromatic carbocycles. The molecular weight excluding hydrogens is 249 g/mol. The fraction of sp³-hybridized carbons (Fsp3) is 0.600. The van der Waals surface area contributed by atoms with Gasteiger partial charge in [0.05, 0.1) is 0 Å². The van der Waals surface area contributed by atoms with Gasteiger partial charge >= 0.3 is 0 Å². The van der Waals surface area contributed by atoms with Gasteiger partial charge in [0.15, 0.2) is 0 Å². The summed E-state index contributed by atoms with van der Waals surface area (Å²) in [5.74, 6) is -0.249. The fourth-order valence-corrected chi connectivity index (χ4v) is 2.55. The van der Waals surface area contributed by atoms with Crippen molar-refractivity contribution in [1.82, 2.24) is 5.32 Å². The summed E-state index contributed by atoms with van der Waals surface area (Å²) in [6.45, 7) is 11.4. The average Bonchev–Trinajstić information content (AvgIpc) is 2.12. The Morgan fingerprint density at radius 3 is 2.28 bits per heavy atom. The monoisotopic (exact) mass is 271 g/mol. The van der Waals surface area contributed by atoms with Gasteiger partial charge in [0, 0.05) is 22.7 Å². The second kappa shape index (κ2) is 5.58. The molecule has 1 N–H and O–H groups in total. The molecule has 0 fully saturated rings. The minimum Gasteiger partial charge on any atom is -0.308 e. The van der Waals surface area contributed by atoms with E-state index in [9.17, 15) is 4.39 Å². The SMILES string of the molecule is CC(C)(C)CC(C)(C)NCc1ccc(Cl)cc1F. The van der Waals surface area contributed by atoms with Gasteiger partial charge in [0.2, 0.25) is 0 Å². The molecule has 0 radical (unpaired) electrons. The topological polar surface area (TPSA) is 12.0 Å². The summed E-state index contributed by atoms with van der Waals surface area (Å²) in [5, 5.41) is 3.84. The van der Waals surface area contributed by atoms with Crippen LogP contribution in [-0.4, -0.2) is 5.54 Å². The van der Waals surface area contributed by atoms with E-state index in [1.807, 2.05) is 0 Å². The molecule has 0 aliphatic rings. The third-order valence-corrected chi connectivity index (χ3v) is 2.98. The maximum atomic E-state index is 13.6. The lowest BCUT2D eigenvalue weighted by molar-refractivity contribution is 0.240. The van der Waals surface area contributed by atoms with E-state index in [2.05, 4.69) is 39.9 Å². The molecule has 0 saturated heterocycles. The quantitative estimate of drug-likeness (QED) is 0.831. The second-order valence-electron chi connectivity index (χ2n) is 6.71. The molecule has 0 unspecified atom stereocenters. The lowest BCUT2D eigenvalue weighted by Gasteiger charge is -2.33. The summed E-state index contributed by atoms with van der Waals surface area (Å²) in [6, 6.07) is 4.81. The zero-order valence-electron chi connectivity index (χ0n) is 11.9. The molecule has 0 atom stereocenters. The molecule has 3 heteroatoms. The van der Waals surface area contributed by atoms with Crippen LogP contribution < -0.4 is 5.32 Å². The highest BCUT2D eigenvalue weighted by Gasteiger charge is 2.24. The van der Waals surface area contributed by atoms with E-state index in [0.717, 1.165) is 6.42 Å². The highest BCUT2D eigenvalue weighted by molar-refractivity contribution is 6.30. The Hall–Kier alpha value is -0.600. The van der Waals surface area contributed by atoms with E-state index in [4.69, 9.17) is 11.6 Å². The fourth-order valence-electron chi connectivity index (χ4n) is 2.39. The van der Waals surface area contributed by atoms with Crippen LogP contribution in [0.1, 0.15) is 46.6 Å². The van der Waals surface area contributed by atoms with Gasteiger partial charge < -0.3 is 5.32 Å². The largest absolute Gasteiger partial charge is 0.308 e. The molecule has 0 aromatic heterocycles. The number of benzene rings is 1. The number of hydrogen-bond acceptors (Lipinski definition) is 1. The molecule has 1 rings (SSSR count). The molecular formula is C15H23ClFN. The van der Waals surface area contributed by atoms with E-state index < -0.39 is 0 Å². The molecule has 0 saturated carbocycles. The third-order valence-electron chi connectivity index (χ3n) is 2.74. The summed E-state index contributed by atoms with van der Waals surface area (Å²) in [6.07, 6.45) is 1.02. The number of rotatable bonds is 4. The summed E-state index contributed by atoms with van der Waals surface area (Å²) in [5.41, 5.74) is 0.876. The van der Waals surface area contributed by atoms with Gasteiger partial charge in [0.1, 0.15) is 5.82 Å². The van der Waals surface area contributed by atoms with Crippen LogP contribution in [0.4, 0.5) is 4.39 Å². The first-order valence-corrected chi connectivity index (χ1v) is 6.66. The molecule has 1 aromatic rings. The lowest BCUT2D eigenvalue weighted by Crippen LogP contribution is -2.42. The Kier molecular flexibility index (Phi) is 4.79. The van der Waals surface area contributed by atoms with E-state index in [1.165, 1.54) is 6.07 Å². The van der Waals surface area contributed by atoms with Crippen molar-refractivity contribution in [3.63, 3.8) is 0 Å². The summed E-state index contributed by atoms with van der Waals surface area (Å²) < 4.78 is 13.6. The number of hydrogen-bond donors (Lipinski definition) is 1. The molecule has 102 valence electrons. The zero-order valence-corrected chi connectivity index (χ0v) is 12.7. The first kappa shape index (κ1) is 15.5. The molecule has 0 aliphatic carbocycles. The minimum absolute atomic E-state index is 0.0235. The van der Waals surface area contributed by atoms with Crippen LogP contribution in [-0.2, 0) is 6.54 Å². The van der Waals surface area contributed by atoms with E-state index >= 15 is 0 Å². The van der Waals surface area contributed by atoms with Crippen molar-refractivity contribution >= 4 is 11.6 Å². The smallest absolute Gasteiger partial charge is 0.129 e. The van der Waals surface area contributed by atoms with Gasteiger partial charge in [-0.3, -0.25) is 0 Å². The van der Waals surface area contributed by atoms with Gasteiger partial charge in [-0.05, 0) is 37.8 Å². The molecule has 0 bridgehead atoms. The van der Waals surface area contributed by atoms with Crippen molar-refractivity contribution in [2.24, 2.45) is 5.41 Å². The lowest BCUT2D eigenvalue weighted by atomic mass is 9.82. The Morgan fingerprint density at radius 1 is 1.17 bits per heavy atom. The van der Waals surface area contributed by atoms with Crippen molar-refractivity contribution in [1.29, 1.82) is 0 Å². The van der Waals surface area contributed by atoms with Crippen molar-refractivity contribution in [3.8, 4) is 0 Å². The van der Waals surface area contributed by atoms with Gasteiger partial charge in [-0.25, -0.2) is 4.39 Å². The Morgan fingerprint density at radius 2 is 1.78 bits per heavy atom. The van der Waals surface area contributed by atoms with Crippen LogP contribution in [0.2, 0.25) is 5.02 Å². The van der Waals surface area contributed by atoms with Crippen LogP contribution in [0.15, 0.2) is 18.2 Å². The van der Waals surface area contributed by atoms with Gasteiger partial charge in [-0.15, -0.1) is 0 Å². The first-order valence-electron chi connectivity index (χ1n) is 6.28. The maximum absolute atomic E-state index is 13.6. The van der Waals surface area contributed by atoms with Crippen molar-refractivity contribution in [3.05, 3.63) is 34.6 Å². The zero-order chi connectivity index (χ0) is 14.0. The number of halogens is 2. The molecule has 0 heterocycles. The molecule has 18 heavy (non-hydrogen) atoms. The van der Waals surface area contributed by atoms with Gasteiger partial charge in [-0.1, -0.05) is 38.4 Å². The first-order chi connectivity index (χ1) is 8.09. The highest BCUT2D eigenvalue weighted by Crippen LogP contribution is 2.27. The van der Waals surface area contributed by atoms with Crippen LogP contribution in [0.25, 0.3) is 0 Å². The average molecular weight is 272 g/mol. The van der Waals surface area contributed by atoms with Gasteiger partial charge in [0.25, 0.3) is 0 Å². The summed E-state index contributed by atoms with van der Waals surface area (Å²) >= 11 is 5.73. The second-order valence-corrected chi connectivity index (χ2v) is 7.15. The third kappa shape index (κ3) is 5.36. The van der Waals surface area contributed by atoms with Crippen LogP contribution in [0.3, 0.4) is 0 Å². The Balaban J connectivity index is 2.64. The molecule has 0 aliphatic heterocycles. The Labute approximate surface area is 115 Å². The predicted molar refractivity (Wildman–Crippen MR) is 76.4 cm³/mol. The van der Waals surface area contributed by atoms with Crippen molar-refractivity contribution in [2.75, 3.05) is 0 Å². The van der Waals surface area contributed by atoms with Crippen LogP contribution in [0.5, 0.6) is 0 Å². The van der Waals surface area contributed by atoms with Crippen molar-refractivity contribution in [2.45, 2.75) is 53.1 Å². The van der Waals surface area contributed by atoms with E-state index in [1.54, 1.807) is 12.1 Å². The van der Waals surface area contributed by atoms with Crippen LogP contribution >= 0.6 is 11.6 Å². The van der Waals surface area contributed by atoms with Crippen LogP contribution in [0, 0.1) is 11.2 Å². The minimum atomic E-state index is -0.249. The number of nitrogens with one attached hydrogen (secondary N) is 1. The molecule has 1 nitrogen and oxygen atoms in total. The summed E-state index contributed by atoms with van der Waals surface area (Å²) in [7, 11) is 0. The normalized spacial score (nSPS) is 12.8. The summed E-state index contributed by atoms with van der Waals surface area (Å²) in [4.78, 5) is 0. The van der Waals surface area contributed by atoms with Crippen molar-refractivity contribution < 1.29 is 4.39 Å². The maximum Gasteiger partial charge on any atom is 0.129 e. The molecule has 0 spiro atoms. The van der Waals surface area contributed by atoms with E-state index in [-0.39, 0.29) is 16.8 Å². The predicted octanol–water partition coefficient (Wildman–Crippen LogP) is 4.78. The van der Waals surface area contributed by atoms with Gasteiger partial charge in [-0.2, -0.15) is 0 Å². The molecule has 0 amide bonds. The highest BCUT2D eigenvalue weighted by atomic mass is 35.5. The standard InChI is InChI=1S/C15H23ClFN/c1-14(2,3)10-15(4,5)18-9-11-6-7-12(16)8-13(11)17/h6-8,18H,9-10H2,1-5H3. The Bertz CT molecular complexity index is 407. The van der Waals surface area contributed by atoms with E-state index in [0.29, 0.717) is 17.1 Å².